The zero-order chi connectivity index (χ0) is 17.5. The van der Waals surface area contributed by atoms with Gasteiger partial charge in [0, 0.05) is 4.47 Å². The molecule has 0 atom stereocenters. The molecule has 0 fully saturated rings. The molecule has 0 aliphatic rings. The number of benzene rings is 2. The fraction of sp³-hybridized carbons (Fsp3) is 0.111. The third kappa shape index (κ3) is 4.61. The summed E-state index contributed by atoms with van der Waals surface area (Å²) >= 11 is 3.37. The molecule has 122 valence electrons. The fourth-order valence-corrected chi connectivity index (χ4v) is 2.21. The van der Waals surface area contributed by atoms with Crippen LogP contribution in [0.3, 0.4) is 0 Å². The van der Waals surface area contributed by atoms with Gasteiger partial charge < -0.3 is 14.6 Å². The van der Waals surface area contributed by atoms with Crippen molar-refractivity contribution in [2.24, 2.45) is 0 Å². The summed E-state index contributed by atoms with van der Waals surface area (Å²) in [6.07, 6.45) is 1.29. The van der Waals surface area contributed by atoms with E-state index in [1.165, 1.54) is 13.2 Å². The van der Waals surface area contributed by atoms with Crippen LogP contribution in [0.1, 0.15) is 11.1 Å². The second-order valence-electron chi connectivity index (χ2n) is 4.80. The predicted octanol–water partition coefficient (Wildman–Crippen LogP) is 4.03. The van der Waals surface area contributed by atoms with Gasteiger partial charge in [-0.25, -0.2) is 4.79 Å². The third-order valence-corrected chi connectivity index (χ3v) is 3.69. The Balaban J connectivity index is 2.24. The van der Waals surface area contributed by atoms with E-state index in [1.54, 1.807) is 24.3 Å². The lowest BCUT2D eigenvalue weighted by atomic mass is 10.1. The van der Waals surface area contributed by atoms with Crippen LogP contribution in [-0.2, 0) is 11.4 Å². The van der Waals surface area contributed by atoms with Gasteiger partial charge in [0.2, 0.25) is 0 Å². The fourth-order valence-electron chi connectivity index (χ4n) is 1.95. The van der Waals surface area contributed by atoms with Crippen molar-refractivity contribution in [3.8, 4) is 17.6 Å². The molecule has 6 heteroatoms. The maximum Gasteiger partial charge on any atom is 0.346 e. The van der Waals surface area contributed by atoms with E-state index >= 15 is 0 Å². The molecule has 0 radical (unpaired) electrons. The van der Waals surface area contributed by atoms with E-state index in [-0.39, 0.29) is 5.57 Å². The Morgan fingerprint density at radius 1 is 1.25 bits per heavy atom. The summed E-state index contributed by atoms with van der Waals surface area (Å²) in [4.78, 5) is 10.9. The number of hydrogen-bond donors (Lipinski definition) is 1. The lowest BCUT2D eigenvalue weighted by Crippen LogP contribution is -1.99. The molecular weight excluding hydrogens is 374 g/mol. The minimum absolute atomic E-state index is 0.334. The Hall–Kier alpha value is -2.78. The van der Waals surface area contributed by atoms with Crippen LogP contribution in [0.2, 0.25) is 0 Å². The van der Waals surface area contributed by atoms with E-state index in [4.69, 9.17) is 19.8 Å². The summed E-state index contributed by atoms with van der Waals surface area (Å²) in [7, 11) is 1.52. The predicted molar refractivity (Wildman–Crippen MR) is 92.7 cm³/mol. The molecule has 0 aliphatic heterocycles. The van der Waals surface area contributed by atoms with Crippen LogP contribution in [0.5, 0.6) is 11.5 Å². The number of methoxy groups -OCH3 is 1. The van der Waals surface area contributed by atoms with Gasteiger partial charge in [-0.05, 0) is 41.5 Å². The smallest absolute Gasteiger partial charge is 0.346 e. The SMILES string of the molecule is COc1ccc(C=C(C#N)C(=O)O)cc1OCc1ccc(Br)cc1. The molecule has 0 bridgehead atoms. The first-order valence-electron chi connectivity index (χ1n) is 6.94. The highest BCUT2D eigenvalue weighted by Gasteiger charge is 2.09. The zero-order valence-corrected chi connectivity index (χ0v) is 14.4. The summed E-state index contributed by atoms with van der Waals surface area (Å²) in [5.74, 6) is -0.277. The van der Waals surface area contributed by atoms with Crippen molar-refractivity contribution >= 4 is 28.0 Å². The van der Waals surface area contributed by atoms with Crippen LogP contribution in [0.4, 0.5) is 0 Å². The first-order chi connectivity index (χ1) is 11.5. The molecule has 2 aromatic rings. The number of hydrogen-bond acceptors (Lipinski definition) is 4. The quantitative estimate of drug-likeness (QED) is 0.597. The highest BCUT2D eigenvalue weighted by molar-refractivity contribution is 9.10. The van der Waals surface area contributed by atoms with E-state index in [1.807, 2.05) is 24.3 Å². The van der Waals surface area contributed by atoms with Gasteiger partial charge in [-0.3, -0.25) is 0 Å². The Morgan fingerprint density at radius 3 is 2.54 bits per heavy atom. The molecule has 24 heavy (non-hydrogen) atoms. The number of nitrogens with zero attached hydrogens (tertiary/aromatic N) is 1. The minimum atomic E-state index is -1.27. The molecule has 1 N–H and O–H groups in total. The number of rotatable bonds is 6. The topological polar surface area (TPSA) is 79.5 Å². The molecular formula is C18H14BrNO4. The number of aliphatic carboxylic acids is 1. The largest absolute Gasteiger partial charge is 0.493 e. The Kier molecular flexibility index (Phi) is 5.99. The molecule has 2 rings (SSSR count). The van der Waals surface area contributed by atoms with Crippen LogP contribution in [0, 0.1) is 11.3 Å². The monoisotopic (exact) mass is 387 g/mol. The van der Waals surface area contributed by atoms with E-state index in [9.17, 15) is 4.79 Å². The van der Waals surface area contributed by atoms with Crippen molar-refractivity contribution in [1.29, 1.82) is 5.26 Å². The normalized spacial score (nSPS) is 10.8. The second kappa shape index (κ2) is 8.18. The van der Waals surface area contributed by atoms with Crippen molar-refractivity contribution in [2.45, 2.75) is 6.61 Å². The highest BCUT2D eigenvalue weighted by Crippen LogP contribution is 2.29. The standard InChI is InChI=1S/C18H14BrNO4/c1-23-16-7-4-13(8-14(10-20)18(21)22)9-17(16)24-11-12-2-5-15(19)6-3-12/h2-9H,11H2,1H3,(H,21,22). The molecule has 0 saturated carbocycles. The lowest BCUT2D eigenvalue weighted by Gasteiger charge is -2.11. The maximum absolute atomic E-state index is 10.9. The molecule has 2 aromatic carbocycles. The van der Waals surface area contributed by atoms with Crippen LogP contribution in [0.15, 0.2) is 52.5 Å². The average molecular weight is 388 g/mol. The minimum Gasteiger partial charge on any atom is -0.493 e. The molecule has 0 unspecified atom stereocenters. The molecule has 0 aliphatic carbocycles. The summed E-state index contributed by atoms with van der Waals surface area (Å²) < 4.78 is 12.0. The van der Waals surface area contributed by atoms with E-state index in [2.05, 4.69) is 15.9 Å². The lowest BCUT2D eigenvalue weighted by molar-refractivity contribution is -0.132. The number of carboxylic acid groups (broad SMARTS) is 1. The number of carbonyl (C=O) groups is 1. The van der Waals surface area contributed by atoms with E-state index < -0.39 is 5.97 Å². The number of nitriles is 1. The summed E-state index contributed by atoms with van der Waals surface area (Å²) in [5, 5.41) is 17.8. The highest BCUT2D eigenvalue weighted by atomic mass is 79.9. The van der Waals surface area contributed by atoms with Crippen LogP contribution >= 0.6 is 15.9 Å². The molecule has 0 heterocycles. The van der Waals surface area contributed by atoms with Gasteiger partial charge in [0.15, 0.2) is 11.5 Å². The van der Waals surface area contributed by atoms with E-state index in [0.29, 0.717) is 23.7 Å². The van der Waals surface area contributed by atoms with Crippen molar-refractivity contribution in [3.05, 3.63) is 63.6 Å². The van der Waals surface area contributed by atoms with Gasteiger partial charge >= 0.3 is 5.97 Å². The number of ether oxygens (including phenoxy) is 2. The Morgan fingerprint density at radius 2 is 1.96 bits per heavy atom. The summed E-state index contributed by atoms with van der Waals surface area (Å²) in [6.45, 7) is 0.334. The Labute approximate surface area is 147 Å². The second-order valence-corrected chi connectivity index (χ2v) is 5.72. The molecule has 0 aromatic heterocycles. The molecule has 5 nitrogen and oxygen atoms in total. The van der Waals surface area contributed by atoms with Crippen molar-refractivity contribution in [2.75, 3.05) is 7.11 Å². The third-order valence-electron chi connectivity index (χ3n) is 3.16. The van der Waals surface area contributed by atoms with Crippen LogP contribution in [0.25, 0.3) is 6.08 Å². The molecule has 0 spiro atoms. The average Bonchev–Trinajstić information content (AvgIpc) is 2.59. The van der Waals surface area contributed by atoms with Gasteiger partial charge in [0.1, 0.15) is 18.2 Å². The van der Waals surface area contributed by atoms with Gasteiger partial charge in [0.25, 0.3) is 0 Å². The first-order valence-corrected chi connectivity index (χ1v) is 7.73. The summed E-state index contributed by atoms with van der Waals surface area (Å²) in [5.41, 5.74) is 1.17. The first kappa shape index (κ1) is 17.6. The van der Waals surface area contributed by atoms with Crippen molar-refractivity contribution in [1.82, 2.24) is 0 Å². The number of carboxylic acids is 1. The van der Waals surface area contributed by atoms with Gasteiger partial charge in [0.05, 0.1) is 7.11 Å². The van der Waals surface area contributed by atoms with Crippen LogP contribution in [-0.4, -0.2) is 18.2 Å². The van der Waals surface area contributed by atoms with Gasteiger partial charge in [-0.15, -0.1) is 0 Å². The zero-order valence-electron chi connectivity index (χ0n) is 12.8. The Bertz CT molecular complexity index is 807. The van der Waals surface area contributed by atoms with Crippen molar-refractivity contribution < 1.29 is 19.4 Å². The van der Waals surface area contributed by atoms with Gasteiger partial charge in [-0.2, -0.15) is 5.26 Å². The van der Waals surface area contributed by atoms with E-state index in [0.717, 1.165) is 10.0 Å². The van der Waals surface area contributed by atoms with Crippen molar-refractivity contribution in [3.63, 3.8) is 0 Å². The summed E-state index contributed by atoms with van der Waals surface area (Å²) in [6, 6.07) is 14.3. The number of halogens is 1. The maximum atomic E-state index is 10.9. The van der Waals surface area contributed by atoms with Gasteiger partial charge in [-0.1, -0.05) is 34.1 Å². The molecule has 0 saturated heterocycles. The van der Waals surface area contributed by atoms with Crippen LogP contribution < -0.4 is 9.47 Å². The molecule has 0 amide bonds.